The van der Waals surface area contributed by atoms with Crippen molar-refractivity contribution in [3.8, 4) is 5.75 Å². The highest BCUT2D eigenvalue weighted by Gasteiger charge is 2.14. The van der Waals surface area contributed by atoms with Gasteiger partial charge in [0.25, 0.3) is 0 Å². The Morgan fingerprint density at radius 1 is 1.47 bits per heavy atom. The van der Waals surface area contributed by atoms with Crippen LogP contribution >= 0.6 is 27.5 Å². The van der Waals surface area contributed by atoms with Gasteiger partial charge in [0.2, 0.25) is 0 Å². The second-order valence-corrected chi connectivity index (χ2v) is 6.07. The Labute approximate surface area is 125 Å². The minimum absolute atomic E-state index is 0.0742. The summed E-state index contributed by atoms with van der Waals surface area (Å²) in [6.07, 6.45) is 0.0742. The Morgan fingerprint density at radius 3 is 2.95 bits per heavy atom. The zero-order chi connectivity index (χ0) is 13.8. The predicted molar refractivity (Wildman–Crippen MR) is 83.8 cm³/mol. The van der Waals surface area contributed by atoms with Gasteiger partial charge in [-0.05, 0) is 43.1 Å². The lowest BCUT2D eigenvalue weighted by atomic mass is 10.2. The van der Waals surface area contributed by atoms with E-state index in [2.05, 4.69) is 37.8 Å². The summed E-state index contributed by atoms with van der Waals surface area (Å²) in [5.41, 5.74) is 6.99. The minimum atomic E-state index is 0.0742. The molecule has 1 aromatic carbocycles. The van der Waals surface area contributed by atoms with Crippen molar-refractivity contribution in [3.05, 3.63) is 34.3 Å². The second-order valence-electron chi connectivity index (χ2n) is 4.38. The number of benzene rings is 1. The van der Waals surface area contributed by atoms with Crippen LogP contribution in [0, 0.1) is 0 Å². The van der Waals surface area contributed by atoms with E-state index in [1.54, 1.807) is 0 Å². The monoisotopic (exact) mass is 341 g/mol. The Bertz CT molecular complexity index is 557. The van der Waals surface area contributed by atoms with E-state index in [1.165, 1.54) is 17.1 Å². The molecule has 0 aliphatic rings. The SMILES string of the molecule is CC(C)Oc1c(N)nsc1NCc1cccc(Br)c1. The number of ether oxygens (including phenoxy) is 1. The molecule has 2 aromatic rings. The van der Waals surface area contributed by atoms with Crippen LogP contribution in [0.5, 0.6) is 5.75 Å². The number of nitrogens with one attached hydrogen (secondary N) is 1. The van der Waals surface area contributed by atoms with Crippen molar-refractivity contribution in [1.29, 1.82) is 0 Å². The molecule has 102 valence electrons. The number of anilines is 2. The first kappa shape index (κ1) is 14.1. The van der Waals surface area contributed by atoms with Crippen LogP contribution in [0.3, 0.4) is 0 Å². The molecule has 0 bridgehead atoms. The number of halogens is 1. The van der Waals surface area contributed by atoms with Crippen LogP contribution in [0.25, 0.3) is 0 Å². The molecule has 0 saturated carbocycles. The van der Waals surface area contributed by atoms with Gasteiger partial charge in [0, 0.05) is 11.0 Å². The fourth-order valence-electron chi connectivity index (χ4n) is 1.59. The maximum atomic E-state index is 5.81. The molecule has 0 fully saturated rings. The number of hydrogen-bond acceptors (Lipinski definition) is 5. The van der Waals surface area contributed by atoms with Crippen LogP contribution in [-0.4, -0.2) is 10.5 Å². The molecule has 0 unspecified atom stereocenters. The second kappa shape index (κ2) is 6.25. The zero-order valence-corrected chi connectivity index (χ0v) is 13.2. The number of hydrogen-bond donors (Lipinski definition) is 2. The fraction of sp³-hybridized carbons (Fsp3) is 0.308. The molecule has 19 heavy (non-hydrogen) atoms. The van der Waals surface area contributed by atoms with Gasteiger partial charge >= 0.3 is 0 Å². The predicted octanol–water partition coefficient (Wildman–Crippen LogP) is 3.89. The molecule has 0 radical (unpaired) electrons. The largest absolute Gasteiger partial charge is 0.484 e. The van der Waals surface area contributed by atoms with Crippen LogP contribution in [-0.2, 0) is 6.54 Å². The number of nitrogen functional groups attached to an aromatic ring is 1. The van der Waals surface area contributed by atoms with Gasteiger partial charge in [-0.2, -0.15) is 4.37 Å². The van der Waals surface area contributed by atoms with Gasteiger partial charge in [0.05, 0.1) is 6.10 Å². The Hall–Kier alpha value is -1.27. The number of rotatable bonds is 5. The Balaban J connectivity index is 2.07. The lowest BCUT2D eigenvalue weighted by Crippen LogP contribution is -2.08. The molecule has 0 atom stereocenters. The van der Waals surface area contributed by atoms with E-state index >= 15 is 0 Å². The van der Waals surface area contributed by atoms with Gasteiger partial charge in [-0.3, -0.25) is 0 Å². The quantitative estimate of drug-likeness (QED) is 0.866. The zero-order valence-electron chi connectivity index (χ0n) is 10.8. The molecule has 0 aliphatic carbocycles. The summed E-state index contributed by atoms with van der Waals surface area (Å²) in [4.78, 5) is 0. The molecular weight excluding hydrogens is 326 g/mol. The summed E-state index contributed by atoms with van der Waals surface area (Å²) in [6.45, 7) is 4.64. The highest BCUT2D eigenvalue weighted by Crippen LogP contribution is 2.36. The standard InChI is InChI=1S/C13H16BrN3OS/c1-8(2)18-11-12(15)17-19-13(11)16-7-9-4-3-5-10(14)6-9/h3-6,8,16H,7H2,1-2H3,(H2,15,17). The van der Waals surface area contributed by atoms with Crippen LogP contribution in [0.15, 0.2) is 28.7 Å². The van der Waals surface area contributed by atoms with E-state index in [0.717, 1.165) is 9.47 Å². The molecule has 0 saturated heterocycles. The molecule has 0 amide bonds. The molecule has 1 heterocycles. The highest BCUT2D eigenvalue weighted by molar-refractivity contribution is 9.10. The van der Waals surface area contributed by atoms with Gasteiger partial charge in [-0.15, -0.1) is 0 Å². The van der Waals surface area contributed by atoms with Crippen LogP contribution < -0.4 is 15.8 Å². The van der Waals surface area contributed by atoms with Gasteiger partial charge in [-0.1, -0.05) is 28.1 Å². The van der Waals surface area contributed by atoms with Crippen molar-refractivity contribution < 1.29 is 4.74 Å². The van der Waals surface area contributed by atoms with Gasteiger partial charge in [-0.25, -0.2) is 0 Å². The highest BCUT2D eigenvalue weighted by atomic mass is 79.9. The van der Waals surface area contributed by atoms with Crippen molar-refractivity contribution in [3.63, 3.8) is 0 Å². The average Bonchev–Trinajstić information content (AvgIpc) is 2.68. The smallest absolute Gasteiger partial charge is 0.197 e. The molecule has 1 aromatic heterocycles. The topological polar surface area (TPSA) is 60.2 Å². The molecule has 3 N–H and O–H groups in total. The van der Waals surface area contributed by atoms with Gasteiger partial charge < -0.3 is 15.8 Å². The molecule has 0 aliphatic heterocycles. The first-order valence-electron chi connectivity index (χ1n) is 5.96. The molecule has 2 rings (SSSR count). The number of nitrogens with two attached hydrogens (primary N) is 1. The number of aromatic nitrogens is 1. The van der Waals surface area contributed by atoms with Crippen molar-refractivity contribution >= 4 is 38.3 Å². The maximum Gasteiger partial charge on any atom is 0.197 e. The minimum Gasteiger partial charge on any atom is -0.484 e. The van der Waals surface area contributed by atoms with Crippen molar-refractivity contribution in [2.75, 3.05) is 11.1 Å². The summed E-state index contributed by atoms with van der Waals surface area (Å²) in [5.74, 6) is 1.09. The van der Waals surface area contributed by atoms with E-state index in [9.17, 15) is 0 Å². The van der Waals surface area contributed by atoms with Gasteiger partial charge in [0.15, 0.2) is 16.6 Å². The first-order valence-corrected chi connectivity index (χ1v) is 7.53. The Morgan fingerprint density at radius 2 is 2.26 bits per heavy atom. The molecule has 0 spiro atoms. The van der Waals surface area contributed by atoms with E-state index in [4.69, 9.17) is 10.5 Å². The normalized spacial score (nSPS) is 10.7. The van der Waals surface area contributed by atoms with Crippen molar-refractivity contribution in [2.45, 2.75) is 26.5 Å². The molecule has 6 heteroatoms. The van der Waals surface area contributed by atoms with Crippen molar-refractivity contribution in [1.82, 2.24) is 4.37 Å². The molecule has 4 nitrogen and oxygen atoms in total. The van der Waals surface area contributed by atoms with Crippen LogP contribution in [0.2, 0.25) is 0 Å². The van der Waals surface area contributed by atoms with E-state index in [0.29, 0.717) is 18.1 Å². The van der Waals surface area contributed by atoms with Crippen LogP contribution in [0.1, 0.15) is 19.4 Å². The van der Waals surface area contributed by atoms with Crippen LogP contribution in [0.4, 0.5) is 10.8 Å². The third-order valence-electron chi connectivity index (χ3n) is 2.37. The fourth-order valence-corrected chi connectivity index (χ4v) is 2.68. The lowest BCUT2D eigenvalue weighted by molar-refractivity contribution is 0.245. The maximum absolute atomic E-state index is 5.81. The van der Waals surface area contributed by atoms with Gasteiger partial charge in [0.1, 0.15) is 0 Å². The van der Waals surface area contributed by atoms with E-state index in [1.807, 2.05) is 26.0 Å². The molecular formula is C13H16BrN3OS. The van der Waals surface area contributed by atoms with E-state index in [-0.39, 0.29) is 6.10 Å². The number of nitrogens with zero attached hydrogens (tertiary/aromatic N) is 1. The summed E-state index contributed by atoms with van der Waals surface area (Å²) in [7, 11) is 0. The average molecular weight is 342 g/mol. The summed E-state index contributed by atoms with van der Waals surface area (Å²) >= 11 is 4.78. The third-order valence-corrected chi connectivity index (χ3v) is 3.66. The Kier molecular flexibility index (Phi) is 4.66. The van der Waals surface area contributed by atoms with E-state index < -0.39 is 0 Å². The summed E-state index contributed by atoms with van der Waals surface area (Å²) < 4.78 is 10.9. The third kappa shape index (κ3) is 3.84. The lowest BCUT2D eigenvalue weighted by Gasteiger charge is -2.11. The first-order chi connectivity index (χ1) is 9.06. The summed E-state index contributed by atoms with van der Waals surface area (Å²) in [6, 6.07) is 8.14. The summed E-state index contributed by atoms with van der Waals surface area (Å²) in [5, 5.41) is 4.18. The van der Waals surface area contributed by atoms with Crippen molar-refractivity contribution in [2.24, 2.45) is 0 Å².